The first-order valence-corrected chi connectivity index (χ1v) is 19.1. The fourth-order valence-corrected chi connectivity index (χ4v) is 8.54. The predicted octanol–water partition coefficient (Wildman–Crippen LogP) is 13.5. The smallest absolute Gasteiger partial charge is 0.0971 e. The quantitative estimate of drug-likeness (QED) is 0.167. The number of aromatic nitrogens is 4. The lowest BCUT2D eigenvalue weighted by molar-refractivity contribution is 0.739. The molecule has 0 aliphatic heterocycles. The van der Waals surface area contributed by atoms with E-state index in [0.717, 1.165) is 51.1 Å². The average molecular weight is 709 g/mol. The third-order valence-electron chi connectivity index (χ3n) is 11.0. The molecule has 0 bridgehead atoms. The molecule has 10 aromatic rings. The third-order valence-corrected chi connectivity index (χ3v) is 11.0. The maximum absolute atomic E-state index is 5.44. The summed E-state index contributed by atoms with van der Waals surface area (Å²) in [5.74, 6) is 0.546. The molecular weight excluding hydrogens is 669 g/mol. The van der Waals surface area contributed by atoms with Gasteiger partial charge < -0.3 is 13.7 Å². The molecule has 0 saturated heterocycles. The second-order valence-corrected chi connectivity index (χ2v) is 14.5. The first-order chi connectivity index (χ1) is 27.1. The second-order valence-electron chi connectivity index (χ2n) is 14.5. The molecule has 1 aliphatic carbocycles. The van der Waals surface area contributed by atoms with Crippen LogP contribution in [0.5, 0.6) is 0 Å². The number of fused-ring (bicyclic) bond motifs is 9. The summed E-state index contributed by atoms with van der Waals surface area (Å²) >= 11 is 0. The lowest BCUT2D eigenvalue weighted by Gasteiger charge is -2.13. The number of para-hydroxylation sites is 4. The lowest BCUT2D eigenvalue weighted by atomic mass is 9.96. The van der Waals surface area contributed by atoms with E-state index in [1.807, 2.05) is 6.92 Å². The predicted molar refractivity (Wildman–Crippen MR) is 234 cm³/mol. The van der Waals surface area contributed by atoms with Crippen molar-refractivity contribution in [2.24, 2.45) is 5.92 Å². The maximum Gasteiger partial charge on any atom is 0.0971 e. The minimum Gasteiger partial charge on any atom is -0.309 e. The molecule has 6 aromatic carbocycles. The highest BCUT2D eigenvalue weighted by atomic mass is 15.0. The van der Waals surface area contributed by atoms with Crippen molar-refractivity contribution in [3.63, 3.8) is 0 Å². The van der Waals surface area contributed by atoms with Gasteiger partial charge in [-0.3, -0.25) is 0 Å². The SMILES string of the molecule is C=CC.CC1C=CC(c2ccc3c(n2)c2cc(-n4c5ccccc5c5ccccc54)ccc2n3-c2cccc(-n3c4ccccc4c4ccccc43)c2)=CC1. The molecule has 0 N–H and O–H groups in total. The Morgan fingerprint density at radius 1 is 0.527 bits per heavy atom. The van der Waals surface area contributed by atoms with Crippen molar-refractivity contribution in [1.82, 2.24) is 18.7 Å². The van der Waals surface area contributed by atoms with Gasteiger partial charge in [-0.2, -0.15) is 0 Å². The molecule has 0 fully saturated rings. The molecule has 0 saturated carbocycles. The van der Waals surface area contributed by atoms with Crippen LogP contribution in [0.4, 0.5) is 0 Å². The third kappa shape index (κ3) is 5.25. The molecule has 4 aromatic heterocycles. The minimum absolute atomic E-state index is 0.546. The van der Waals surface area contributed by atoms with E-state index in [0.29, 0.717) is 5.92 Å². The van der Waals surface area contributed by atoms with Gasteiger partial charge in [0, 0.05) is 44.0 Å². The van der Waals surface area contributed by atoms with Gasteiger partial charge in [0.25, 0.3) is 0 Å². The summed E-state index contributed by atoms with van der Waals surface area (Å²) < 4.78 is 7.18. The van der Waals surface area contributed by atoms with Crippen LogP contribution < -0.4 is 0 Å². The summed E-state index contributed by atoms with van der Waals surface area (Å²) in [4.78, 5) is 5.44. The number of allylic oxidation sites excluding steroid dienone is 5. The molecule has 264 valence electrons. The van der Waals surface area contributed by atoms with Crippen LogP contribution in [0.25, 0.3) is 88.2 Å². The van der Waals surface area contributed by atoms with Crippen molar-refractivity contribution in [3.8, 4) is 17.1 Å². The second kappa shape index (κ2) is 13.2. The molecule has 0 amide bonds. The van der Waals surface area contributed by atoms with Crippen molar-refractivity contribution < 1.29 is 0 Å². The van der Waals surface area contributed by atoms with E-state index < -0.39 is 0 Å². The normalized spacial score (nSPS) is 14.2. The van der Waals surface area contributed by atoms with Gasteiger partial charge in [0.1, 0.15) is 0 Å². The van der Waals surface area contributed by atoms with Gasteiger partial charge in [-0.15, -0.1) is 6.58 Å². The number of hydrogen-bond donors (Lipinski definition) is 0. The summed E-state index contributed by atoms with van der Waals surface area (Å²) in [6, 6.07) is 55.1. The Kier molecular flexibility index (Phi) is 7.85. The van der Waals surface area contributed by atoms with Crippen molar-refractivity contribution in [3.05, 3.63) is 188 Å². The molecule has 55 heavy (non-hydrogen) atoms. The Hall–Kier alpha value is -6.91. The van der Waals surface area contributed by atoms with Crippen LogP contribution >= 0.6 is 0 Å². The summed E-state index contributed by atoms with van der Waals surface area (Å²) in [5.41, 5.74) is 13.6. The van der Waals surface area contributed by atoms with Crippen molar-refractivity contribution >= 4 is 71.1 Å². The standard InChI is InChI=1S/C48H34N4.C3H6/c1-31-21-23-32(24-22-31)41-26-28-47-48(49-41)40-30-35(51-44-19-8-4-15-38(44)39-16-5-9-20-45(39)51)25-27-46(40)52(47)34-12-10-11-33(29-34)50-42-17-6-2-13-36(42)37-14-3-7-18-43(37)50;1-3-2/h2-21,23-31H,22H2,1H3;3H,1H2,2H3. The Morgan fingerprint density at radius 3 is 1.49 bits per heavy atom. The van der Waals surface area contributed by atoms with Crippen LogP contribution in [0.2, 0.25) is 0 Å². The molecule has 0 radical (unpaired) electrons. The fourth-order valence-electron chi connectivity index (χ4n) is 8.54. The van der Waals surface area contributed by atoms with Crippen LogP contribution in [0.3, 0.4) is 0 Å². The van der Waals surface area contributed by atoms with Crippen molar-refractivity contribution in [2.75, 3.05) is 0 Å². The van der Waals surface area contributed by atoms with Gasteiger partial charge in [-0.1, -0.05) is 110 Å². The highest BCUT2D eigenvalue weighted by Crippen LogP contribution is 2.38. The highest BCUT2D eigenvalue weighted by Gasteiger charge is 2.20. The van der Waals surface area contributed by atoms with Crippen molar-refractivity contribution in [2.45, 2.75) is 20.3 Å². The number of nitrogens with zero attached hydrogens (tertiary/aromatic N) is 4. The van der Waals surface area contributed by atoms with E-state index in [4.69, 9.17) is 4.98 Å². The first kappa shape index (κ1) is 32.7. The molecule has 4 heteroatoms. The molecule has 1 aliphatic rings. The summed E-state index contributed by atoms with van der Waals surface area (Å²) in [6.07, 6.45) is 9.64. The average Bonchev–Trinajstić information content (AvgIpc) is 3.87. The largest absolute Gasteiger partial charge is 0.309 e. The van der Waals surface area contributed by atoms with Gasteiger partial charge >= 0.3 is 0 Å². The molecule has 0 spiro atoms. The zero-order valence-electron chi connectivity index (χ0n) is 31.0. The minimum atomic E-state index is 0.546. The van der Waals surface area contributed by atoms with E-state index in [2.05, 4.69) is 197 Å². The van der Waals surface area contributed by atoms with E-state index >= 15 is 0 Å². The van der Waals surface area contributed by atoms with Gasteiger partial charge in [0.2, 0.25) is 0 Å². The Balaban J connectivity index is 0.00000120. The van der Waals surface area contributed by atoms with Crippen molar-refractivity contribution in [1.29, 1.82) is 0 Å². The Morgan fingerprint density at radius 2 is 0.982 bits per heavy atom. The molecule has 4 nitrogen and oxygen atoms in total. The van der Waals surface area contributed by atoms with Gasteiger partial charge in [-0.25, -0.2) is 4.98 Å². The monoisotopic (exact) mass is 708 g/mol. The zero-order chi connectivity index (χ0) is 37.0. The van der Waals surface area contributed by atoms with E-state index in [-0.39, 0.29) is 0 Å². The van der Waals surface area contributed by atoms with Crippen LogP contribution in [0.1, 0.15) is 26.0 Å². The Labute approximate surface area is 320 Å². The molecule has 4 heterocycles. The topological polar surface area (TPSA) is 27.7 Å². The summed E-state index contributed by atoms with van der Waals surface area (Å²) in [5, 5.41) is 6.17. The van der Waals surface area contributed by atoms with E-state index in [1.54, 1.807) is 6.08 Å². The van der Waals surface area contributed by atoms with Crippen LogP contribution in [-0.4, -0.2) is 18.7 Å². The number of rotatable bonds is 4. The summed E-state index contributed by atoms with van der Waals surface area (Å²) in [7, 11) is 0. The fraction of sp³-hybridized carbons (Fsp3) is 0.0784. The zero-order valence-corrected chi connectivity index (χ0v) is 31.0. The van der Waals surface area contributed by atoms with E-state index in [1.165, 1.54) is 49.2 Å². The Bertz CT molecular complexity index is 3070. The highest BCUT2D eigenvalue weighted by molar-refractivity contribution is 6.12. The van der Waals surface area contributed by atoms with Gasteiger partial charge in [0.05, 0.1) is 44.3 Å². The van der Waals surface area contributed by atoms with Crippen LogP contribution in [-0.2, 0) is 0 Å². The molecule has 1 atom stereocenters. The van der Waals surface area contributed by atoms with Crippen LogP contribution in [0.15, 0.2) is 183 Å². The molecule has 11 rings (SSSR count). The number of hydrogen-bond acceptors (Lipinski definition) is 1. The van der Waals surface area contributed by atoms with Gasteiger partial charge in [-0.05, 0) is 97.6 Å². The lowest BCUT2D eigenvalue weighted by Crippen LogP contribution is -1.99. The van der Waals surface area contributed by atoms with E-state index in [9.17, 15) is 0 Å². The molecular formula is C51H40N4. The first-order valence-electron chi connectivity index (χ1n) is 19.1. The number of pyridine rings is 1. The molecule has 1 unspecified atom stereocenters. The number of benzene rings is 6. The summed E-state index contributed by atoms with van der Waals surface area (Å²) in [6.45, 7) is 7.51. The maximum atomic E-state index is 5.44. The van der Waals surface area contributed by atoms with Crippen LogP contribution in [0, 0.1) is 5.92 Å². The van der Waals surface area contributed by atoms with Gasteiger partial charge in [0.15, 0.2) is 0 Å².